The van der Waals surface area contributed by atoms with Crippen LogP contribution in [0.1, 0.15) is 44.0 Å². The number of fused-ring (bicyclic) bond motifs is 1. The molecule has 29 heavy (non-hydrogen) atoms. The summed E-state index contributed by atoms with van der Waals surface area (Å²) in [4.78, 5) is 29.0. The molecule has 1 heterocycles. The number of urea groups is 1. The molecule has 3 aromatic rings. The highest BCUT2D eigenvalue weighted by atomic mass is 19.2. The summed E-state index contributed by atoms with van der Waals surface area (Å²) in [7, 11) is 0. The lowest BCUT2D eigenvalue weighted by atomic mass is 10.0. The van der Waals surface area contributed by atoms with Gasteiger partial charge in [-0.05, 0) is 43.4 Å². The van der Waals surface area contributed by atoms with E-state index in [4.69, 9.17) is 0 Å². The molecule has 2 amide bonds. The number of carbonyl (C=O) groups is 1. The summed E-state index contributed by atoms with van der Waals surface area (Å²) in [5, 5.41) is 2.89. The van der Waals surface area contributed by atoms with Crippen molar-refractivity contribution in [3.8, 4) is 0 Å². The number of nitrogens with zero attached hydrogens (tertiary/aromatic N) is 1. The fraction of sp³-hybridized carbons (Fsp3) is 0.273. The fourth-order valence-corrected chi connectivity index (χ4v) is 3.51. The summed E-state index contributed by atoms with van der Waals surface area (Å²) in [5.74, 6) is -2.28. The molecule has 152 valence electrons. The van der Waals surface area contributed by atoms with E-state index in [0.717, 1.165) is 11.6 Å². The van der Waals surface area contributed by atoms with Gasteiger partial charge in [0.2, 0.25) is 0 Å². The number of hydrogen-bond donors (Lipinski definition) is 2. The van der Waals surface area contributed by atoms with Crippen molar-refractivity contribution in [2.24, 2.45) is 0 Å². The van der Waals surface area contributed by atoms with E-state index in [2.05, 4.69) is 10.3 Å². The van der Waals surface area contributed by atoms with Crippen molar-refractivity contribution in [1.82, 2.24) is 15.2 Å². The van der Waals surface area contributed by atoms with Gasteiger partial charge in [0.05, 0.1) is 17.5 Å². The average molecular weight is 399 g/mol. The molecule has 2 atom stereocenters. The van der Waals surface area contributed by atoms with Crippen molar-refractivity contribution >= 4 is 16.8 Å². The topological polar surface area (TPSA) is 65.2 Å². The van der Waals surface area contributed by atoms with Crippen LogP contribution in [0.15, 0.2) is 53.5 Å². The number of halogens is 2. The van der Waals surface area contributed by atoms with Gasteiger partial charge >= 0.3 is 6.03 Å². The first kappa shape index (κ1) is 20.5. The Morgan fingerprint density at radius 3 is 2.48 bits per heavy atom. The Morgan fingerprint density at radius 1 is 1.14 bits per heavy atom. The number of aromatic amines is 1. The zero-order chi connectivity index (χ0) is 21.1. The quantitative estimate of drug-likeness (QED) is 0.655. The summed E-state index contributed by atoms with van der Waals surface area (Å²) in [6.45, 7) is 5.89. The lowest BCUT2D eigenvalue weighted by molar-refractivity contribution is 0.180. The van der Waals surface area contributed by atoms with Crippen LogP contribution in [0.5, 0.6) is 0 Å². The number of benzene rings is 2. The number of hydrogen-bond acceptors (Lipinski definition) is 2. The van der Waals surface area contributed by atoms with Gasteiger partial charge in [0.1, 0.15) is 0 Å². The highest BCUT2D eigenvalue weighted by Gasteiger charge is 2.24. The minimum Gasteiger partial charge on any atom is -0.331 e. The zero-order valence-electron chi connectivity index (χ0n) is 16.5. The number of carbonyl (C=O) groups excluding carboxylic acids is 1. The summed E-state index contributed by atoms with van der Waals surface area (Å²) < 4.78 is 27.8. The van der Waals surface area contributed by atoms with Gasteiger partial charge in [-0.1, -0.05) is 36.4 Å². The van der Waals surface area contributed by atoms with Gasteiger partial charge < -0.3 is 15.2 Å². The SMILES string of the molecule is CCN(C(=O)NC(C)c1ccccc1)C(C)c1c[nH]c(=O)c2c(F)c(F)ccc12. The first-order valence-corrected chi connectivity index (χ1v) is 9.46. The van der Waals surface area contributed by atoms with Crippen LogP contribution < -0.4 is 10.9 Å². The predicted molar refractivity (Wildman–Crippen MR) is 109 cm³/mol. The second kappa shape index (κ2) is 8.43. The average Bonchev–Trinajstić information content (AvgIpc) is 2.71. The summed E-state index contributed by atoms with van der Waals surface area (Å²) in [5.41, 5.74) is 0.789. The molecule has 0 aliphatic heterocycles. The number of amides is 2. The van der Waals surface area contributed by atoms with Gasteiger partial charge in [-0.2, -0.15) is 0 Å². The molecule has 0 bridgehead atoms. The molecule has 5 nitrogen and oxygen atoms in total. The summed E-state index contributed by atoms with van der Waals surface area (Å²) in [6, 6.07) is 10.9. The normalized spacial score (nSPS) is 13.1. The number of pyridine rings is 1. The van der Waals surface area contributed by atoms with Crippen molar-refractivity contribution in [3.05, 3.63) is 81.8 Å². The van der Waals surface area contributed by atoms with E-state index in [1.807, 2.05) is 44.2 Å². The molecule has 2 unspecified atom stereocenters. The molecule has 1 aromatic heterocycles. The lowest BCUT2D eigenvalue weighted by Gasteiger charge is -2.30. The maximum Gasteiger partial charge on any atom is 0.318 e. The smallest absolute Gasteiger partial charge is 0.318 e. The molecule has 0 radical (unpaired) electrons. The van der Waals surface area contributed by atoms with Gasteiger partial charge in [-0.25, -0.2) is 13.6 Å². The highest BCUT2D eigenvalue weighted by Crippen LogP contribution is 2.28. The van der Waals surface area contributed by atoms with E-state index in [1.54, 1.807) is 11.8 Å². The molecule has 0 spiro atoms. The predicted octanol–water partition coefficient (Wildman–Crippen LogP) is 4.66. The molecule has 0 saturated heterocycles. The Labute approximate surface area is 167 Å². The first-order chi connectivity index (χ1) is 13.8. The molecular formula is C22H23F2N3O2. The van der Waals surface area contributed by atoms with Crippen molar-refractivity contribution in [2.45, 2.75) is 32.9 Å². The van der Waals surface area contributed by atoms with E-state index in [0.29, 0.717) is 12.1 Å². The van der Waals surface area contributed by atoms with Crippen LogP contribution in [0, 0.1) is 11.6 Å². The van der Waals surface area contributed by atoms with Gasteiger partial charge in [0.15, 0.2) is 11.6 Å². The second-order valence-electron chi connectivity index (χ2n) is 6.90. The largest absolute Gasteiger partial charge is 0.331 e. The molecule has 7 heteroatoms. The first-order valence-electron chi connectivity index (χ1n) is 9.46. The van der Waals surface area contributed by atoms with E-state index in [-0.39, 0.29) is 22.8 Å². The number of H-pyrrole nitrogens is 1. The third-order valence-electron chi connectivity index (χ3n) is 5.15. The molecule has 0 aliphatic rings. The van der Waals surface area contributed by atoms with Crippen molar-refractivity contribution in [3.63, 3.8) is 0 Å². The van der Waals surface area contributed by atoms with Crippen LogP contribution in [0.25, 0.3) is 10.8 Å². The van der Waals surface area contributed by atoms with Crippen LogP contribution >= 0.6 is 0 Å². The third-order valence-corrected chi connectivity index (χ3v) is 5.15. The van der Waals surface area contributed by atoms with Gasteiger partial charge in [0, 0.05) is 12.7 Å². The van der Waals surface area contributed by atoms with E-state index in [1.165, 1.54) is 12.3 Å². The lowest BCUT2D eigenvalue weighted by Crippen LogP contribution is -2.42. The van der Waals surface area contributed by atoms with Crippen LogP contribution in [0.2, 0.25) is 0 Å². The molecule has 0 saturated carbocycles. The van der Waals surface area contributed by atoms with Crippen molar-refractivity contribution in [1.29, 1.82) is 0 Å². The molecular weight excluding hydrogens is 376 g/mol. The standard InChI is InChI=1S/C22H23F2N3O2/c1-4-27(22(29)26-13(2)15-8-6-5-7-9-15)14(3)17-12-25-21(28)19-16(17)10-11-18(23)20(19)24/h5-14H,4H2,1-3H3,(H,25,28)(H,26,29). The van der Waals surface area contributed by atoms with Gasteiger partial charge in [0.25, 0.3) is 5.56 Å². The fourth-order valence-electron chi connectivity index (χ4n) is 3.51. The monoisotopic (exact) mass is 399 g/mol. The number of nitrogens with one attached hydrogen (secondary N) is 2. The van der Waals surface area contributed by atoms with Crippen LogP contribution in [0.3, 0.4) is 0 Å². The summed E-state index contributed by atoms with van der Waals surface area (Å²) in [6.07, 6.45) is 1.45. The van der Waals surface area contributed by atoms with E-state index < -0.39 is 23.2 Å². The molecule has 0 aliphatic carbocycles. The molecule has 2 aromatic carbocycles. The summed E-state index contributed by atoms with van der Waals surface area (Å²) >= 11 is 0. The zero-order valence-corrected chi connectivity index (χ0v) is 16.5. The maximum absolute atomic E-state index is 14.2. The Hall–Kier alpha value is -3.22. The number of rotatable bonds is 5. The minimum absolute atomic E-state index is 0.205. The molecule has 0 fully saturated rings. The second-order valence-corrected chi connectivity index (χ2v) is 6.90. The van der Waals surface area contributed by atoms with Crippen molar-refractivity contribution in [2.75, 3.05) is 6.54 Å². The Kier molecular flexibility index (Phi) is 5.96. The maximum atomic E-state index is 14.2. The Morgan fingerprint density at radius 2 is 1.83 bits per heavy atom. The van der Waals surface area contributed by atoms with Crippen LogP contribution in [0.4, 0.5) is 13.6 Å². The Balaban J connectivity index is 1.93. The van der Waals surface area contributed by atoms with Crippen LogP contribution in [-0.4, -0.2) is 22.5 Å². The molecule has 3 rings (SSSR count). The van der Waals surface area contributed by atoms with Crippen LogP contribution in [-0.2, 0) is 0 Å². The minimum atomic E-state index is -1.19. The van der Waals surface area contributed by atoms with E-state index in [9.17, 15) is 18.4 Å². The highest BCUT2D eigenvalue weighted by molar-refractivity contribution is 5.86. The molecule has 2 N–H and O–H groups in total. The van der Waals surface area contributed by atoms with E-state index >= 15 is 0 Å². The third kappa shape index (κ3) is 3.99. The van der Waals surface area contributed by atoms with Crippen molar-refractivity contribution < 1.29 is 13.6 Å². The van der Waals surface area contributed by atoms with Gasteiger partial charge in [-0.15, -0.1) is 0 Å². The Bertz CT molecular complexity index is 1080. The van der Waals surface area contributed by atoms with Gasteiger partial charge in [-0.3, -0.25) is 4.79 Å². The number of aromatic nitrogens is 1.